The van der Waals surface area contributed by atoms with Crippen LogP contribution in [-0.2, 0) is 25.7 Å². The van der Waals surface area contributed by atoms with Crippen LogP contribution in [0.4, 0.5) is 0 Å². The van der Waals surface area contributed by atoms with Gasteiger partial charge in [-0.2, -0.15) is 0 Å². The monoisotopic (exact) mass is 527 g/mol. The van der Waals surface area contributed by atoms with Crippen molar-refractivity contribution in [3.05, 3.63) is 108 Å². The first-order chi connectivity index (χ1) is 19.0. The van der Waals surface area contributed by atoms with E-state index in [0.717, 1.165) is 16.7 Å². The van der Waals surface area contributed by atoms with Crippen LogP contribution in [0.25, 0.3) is 0 Å². The van der Waals surface area contributed by atoms with Crippen molar-refractivity contribution in [3.63, 3.8) is 0 Å². The summed E-state index contributed by atoms with van der Waals surface area (Å²) in [7, 11) is 0. The van der Waals surface area contributed by atoms with E-state index in [9.17, 15) is 14.4 Å². The second-order valence-electron chi connectivity index (χ2n) is 9.27. The summed E-state index contributed by atoms with van der Waals surface area (Å²) in [6.07, 6.45) is 11.8. The van der Waals surface area contributed by atoms with Gasteiger partial charge in [0.1, 0.15) is 6.10 Å². The molecule has 0 saturated heterocycles. The molecule has 0 bridgehead atoms. The van der Waals surface area contributed by atoms with Crippen LogP contribution < -0.4 is 10.6 Å². The highest BCUT2D eigenvalue weighted by molar-refractivity contribution is 5.86. The molecule has 0 spiro atoms. The van der Waals surface area contributed by atoms with Gasteiger partial charge in [0.15, 0.2) is 0 Å². The molecular formula is C32H37N3O4. The number of benzene rings is 2. The lowest BCUT2D eigenvalue weighted by molar-refractivity contribution is -0.150. The second-order valence-corrected chi connectivity index (χ2v) is 9.27. The molecule has 2 amide bonds. The third-order valence-electron chi connectivity index (χ3n) is 6.19. The van der Waals surface area contributed by atoms with E-state index in [0.29, 0.717) is 25.9 Å². The molecule has 7 heteroatoms. The Morgan fingerprint density at radius 2 is 1.82 bits per heavy atom. The van der Waals surface area contributed by atoms with Gasteiger partial charge in [-0.05, 0) is 42.5 Å². The zero-order chi connectivity index (χ0) is 27.7. The topological polar surface area (TPSA) is 96.9 Å². The number of nitrogens with one attached hydrogen (secondary N) is 2. The first-order valence-corrected chi connectivity index (χ1v) is 13.3. The van der Waals surface area contributed by atoms with Crippen LogP contribution in [0.5, 0.6) is 0 Å². The van der Waals surface area contributed by atoms with E-state index >= 15 is 0 Å². The first-order valence-electron chi connectivity index (χ1n) is 13.3. The summed E-state index contributed by atoms with van der Waals surface area (Å²) in [5, 5.41) is 5.82. The van der Waals surface area contributed by atoms with E-state index in [4.69, 9.17) is 4.74 Å². The number of hydrogen-bond donors (Lipinski definition) is 2. The van der Waals surface area contributed by atoms with Crippen LogP contribution in [0, 0.1) is 5.92 Å². The van der Waals surface area contributed by atoms with E-state index < -0.39 is 12.0 Å². The number of carbonyl (C=O) groups excluding carboxylic acids is 3. The maximum Gasteiger partial charge on any atom is 0.306 e. The minimum Gasteiger partial charge on any atom is -0.456 e. The minimum atomic E-state index is -0.586. The van der Waals surface area contributed by atoms with Gasteiger partial charge in [0, 0.05) is 25.6 Å². The van der Waals surface area contributed by atoms with Crippen molar-refractivity contribution in [1.82, 2.24) is 10.6 Å². The molecule has 2 N–H and O–H groups in total. The van der Waals surface area contributed by atoms with E-state index in [1.807, 2.05) is 98.0 Å². The third-order valence-corrected chi connectivity index (χ3v) is 6.19. The Kier molecular flexibility index (Phi) is 12.4. The molecule has 0 aromatic heterocycles. The van der Waals surface area contributed by atoms with Crippen LogP contribution in [-0.4, -0.2) is 37.1 Å². The predicted octanol–water partition coefficient (Wildman–Crippen LogP) is 5.02. The largest absolute Gasteiger partial charge is 0.456 e. The molecule has 3 rings (SSSR count). The maximum absolute atomic E-state index is 13.1. The normalized spacial score (nSPS) is 20.1. The number of carbonyl (C=O) groups is 3. The molecule has 2 atom stereocenters. The molecule has 7 nitrogen and oxygen atoms in total. The average Bonchev–Trinajstić information content (AvgIpc) is 2.95. The second kappa shape index (κ2) is 16.6. The molecule has 1 aliphatic rings. The van der Waals surface area contributed by atoms with E-state index in [1.165, 1.54) is 0 Å². The van der Waals surface area contributed by atoms with Gasteiger partial charge >= 0.3 is 5.97 Å². The summed E-state index contributed by atoms with van der Waals surface area (Å²) in [5.41, 5.74) is 2.84. The Morgan fingerprint density at radius 3 is 2.56 bits per heavy atom. The highest BCUT2D eigenvalue weighted by atomic mass is 16.5. The number of esters is 1. The summed E-state index contributed by atoms with van der Waals surface area (Å²) in [4.78, 5) is 42.6. The summed E-state index contributed by atoms with van der Waals surface area (Å²) in [6, 6.07) is 19.3. The van der Waals surface area contributed by atoms with Gasteiger partial charge in [0.05, 0.1) is 19.0 Å². The Morgan fingerprint density at radius 1 is 1.08 bits per heavy atom. The molecule has 2 aromatic rings. The number of cyclic esters (lactones) is 1. The Hall–Kier alpha value is -4.26. The number of amides is 2. The fourth-order valence-electron chi connectivity index (χ4n) is 4.09. The van der Waals surface area contributed by atoms with E-state index in [1.54, 1.807) is 6.21 Å². The molecule has 0 unspecified atom stereocenters. The Balaban J connectivity index is 1.58. The standard InChI is InChI=1S/C32H37N3O4/c1-2-12-25(19-20-33-22-26-13-6-3-7-14-26)23-34-30(36)21-28-17-10-5-11-18-31(37)39-29(24-35-32(28)38)27-15-8-4-9-16-27/h2-10,12-16,19-20,28-29H,11,17-18,21-24H2,1H3,(H,34,36)(H,35,38)/b10-5+,12-2-,25-19+,33-20+/t28-,29-/m0/s1. The van der Waals surface area contributed by atoms with Crippen LogP contribution >= 0.6 is 0 Å². The number of rotatable bonds is 9. The number of aliphatic imine (C=N–C) groups is 1. The molecule has 0 aliphatic carbocycles. The highest BCUT2D eigenvalue weighted by Crippen LogP contribution is 2.19. The number of hydrogen-bond acceptors (Lipinski definition) is 5. The van der Waals surface area contributed by atoms with Crippen molar-refractivity contribution in [3.8, 4) is 0 Å². The van der Waals surface area contributed by atoms with Gasteiger partial charge in [-0.15, -0.1) is 0 Å². The molecule has 1 aliphatic heterocycles. The van der Waals surface area contributed by atoms with Gasteiger partial charge in [-0.1, -0.05) is 85.0 Å². The van der Waals surface area contributed by atoms with Crippen molar-refractivity contribution in [2.75, 3.05) is 13.1 Å². The van der Waals surface area contributed by atoms with Crippen molar-refractivity contribution >= 4 is 24.0 Å². The molecule has 0 fully saturated rings. The van der Waals surface area contributed by atoms with Gasteiger partial charge < -0.3 is 15.4 Å². The maximum atomic E-state index is 13.1. The summed E-state index contributed by atoms with van der Waals surface area (Å²) < 4.78 is 5.64. The van der Waals surface area contributed by atoms with Gasteiger partial charge in [0.2, 0.25) is 11.8 Å². The molecule has 0 radical (unpaired) electrons. The van der Waals surface area contributed by atoms with Crippen molar-refractivity contribution in [2.45, 2.75) is 45.3 Å². The Bertz CT molecular complexity index is 1190. The fourth-order valence-corrected chi connectivity index (χ4v) is 4.09. The minimum absolute atomic E-state index is 0.0528. The predicted molar refractivity (Wildman–Crippen MR) is 154 cm³/mol. The zero-order valence-electron chi connectivity index (χ0n) is 22.4. The lowest BCUT2D eigenvalue weighted by Crippen LogP contribution is -2.38. The molecule has 204 valence electrons. The smallest absolute Gasteiger partial charge is 0.306 e. The SMILES string of the molecule is C\C=C/C(=C\C=N\Cc1ccccc1)CNC(=O)C[C@@H]1C/C=C/CCC(=O)O[C@H](c2ccccc2)CNC1=O. The highest BCUT2D eigenvalue weighted by Gasteiger charge is 2.24. The van der Waals surface area contributed by atoms with Crippen LogP contribution in [0.1, 0.15) is 49.8 Å². The third kappa shape index (κ3) is 10.9. The molecule has 2 aromatic carbocycles. The number of nitrogens with zero attached hydrogens (tertiary/aromatic N) is 1. The van der Waals surface area contributed by atoms with Crippen LogP contribution in [0.3, 0.4) is 0 Å². The van der Waals surface area contributed by atoms with Gasteiger partial charge in [0.25, 0.3) is 0 Å². The number of ether oxygens (including phenoxy) is 1. The average molecular weight is 528 g/mol. The lowest BCUT2D eigenvalue weighted by Gasteiger charge is -2.21. The van der Waals surface area contributed by atoms with Crippen molar-refractivity contribution in [2.24, 2.45) is 10.9 Å². The van der Waals surface area contributed by atoms with Crippen LogP contribution in [0.15, 0.2) is 102 Å². The summed E-state index contributed by atoms with van der Waals surface area (Å²) >= 11 is 0. The van der Waals surface area contributed by atoms with Crippen molar-refractivity contribution < 1.29 is 19.1 Å². The quantitative estimate of drug-likeness (QED) is 0.207. The molecule has 39 heavy (non-hydrogen) atoms. The molecule has 0 saturated carbocycles. The van der Waals surface area contributed by atoms with Crippen molar-refractivity contribution in [1.29, 1.82) is 0 Å². The van der Waals surface area contributed by atoms with Gasteiger partial charge in [-0.25, -0.2) is 0 Å². The number of allylic oxidation sites excluding steroid dienone is 4. The van der Waals surface area contributed by atoms with E-state index in [-0.39, 0.29) is 37.2 Å². The lowest BCUT2D eigenvalue weighted by atomic mass is 9.98. The van der Waals surface area contributed by atoms with Crippen LogP contribution in [0.2, 0.25) is 0 Å². The summed E-state index contributed by atoms with van der Waals surface area (Å²) in [6.45, 7) is 2.98. The van der Waals surface area contributed by atoms with E-state index in [2.05, 4.69) is 15.6 Å². The fraction of sp³-hybridized carbons (Fsp3) is 0.312. The Labute approximate surface area is 230 Å². The first kappa shape index (κ1) is 29.3. The zero-order valence-corrected chi connectivity index (χ0v) is 22.4. The molecular weight excluding hydrogens is 490 g/mol. The summed E-state index contributed by atoms with van der Waals surface area (Å²) in [5.74, 6) is -1.30. The van der Waals surface area contributed by atoms with Gasteiger partial charge in [-0.3, -0.25) is 19.4 Å². The molecule has 1 heterocycles.